The fourth-order valence-corrected chi connectivity index (χ4v) is 4.61. The molecule has 1 aliphatic rings. The monoisotopic (exact) mass is 402 g/mol. The summed E-state index contributed by atoms with van der Waals surface area (Å²) in [4.78, 5) is 12.7. The number of nitrogens with zero attached hydrogens (tertiary/aromatic N) is 1. The van der Waals surface area contributed by atoms with E-state index in [1.807, 2.05) is 25.1 Å². The van der Waals surface area contributed by atoms with Crippen LogP contribution in [0.4, 0.5) is 0 Å². The van der Waals surface area contributed by atoms with E-state index in [9.17, 15) is 13.2 Å². The zero-order valence-corrected chi connectivity index (χ0v) is 17.3. The van der Waals surface area contributed by atoms with Crippen LogP contribution in [0.15, 0.2) is 47.4 Å². The number of hydrogen-bond donors (Lipinski definition) is 1. The van der Waals surface area contributed by atoms with Gasteiger partial charge in [-0.1, -0.05) is 23.8 Å². The van der Waals surface area contributed by atoms with Crippen LogP contribution in [0.1, 0.15) is 35.6 Å². The zero-order valence-electron chi connectivity index (χ0n) is 16.4. The number of amides is 1. The van der Waals surface area contributed by atoms with E-state index >= 15 is 0 Å². The molecule has 0 spiro atoms. The third-order valence-electron chi connectivity index (χ3n) is 5.10. The molecule has 0 unspecified atom stereocenters. The average Bonchev–Trinajstić information content (AvgIpc) is 2.68. The maximum atomic E-state index is 12.7. The number of fused-ring (bicyclic) bond motifs is 1. The van der Waals surface area contributed by atoms with E-state index < -0.39 is 10.0 Å². The van der Waals surface area contributed by atoms with Crippen molar-refractivity contribution in [3.05, 3.63) is 59.2 Å². The SMILES string of the molecule is COc1ccc2c(c1)CCC[C@H]2NC(=O)CN(C)S(=O)(=O)c1ccc(C)cc1. The Balaban J connectivity index is 1.68. The molecular formula is C21H26N2O4S. The molecule has 150 valence electrons. The van der Waals surface area contributed by atoms with Gasteiger partial charge in [-0.05, 0) is 61.6 Å². The molecule has 1 aliphatic carbocycles. The lowest BCUT2D eigenvalue weighted by Crippen LogP contribution is -2.40. The van der Waals surface area contributed by atoms with Gasteiger partial charge in [0.25, 0.3) is 0 Å². The van der Waals surface area contributed by atoms with E-state index in [1.165, 1.54) is 7.05 Å². The summed E-state index contributed by atoms with van der Waals surface area (Å²) >= 11 is 0. The molecule has 0 bridgehead atoms. The Hall–Kier alpha value is -2.38. The second kappa shape index (κ2) is 8.32. The number of rotatable bonds is 6. The fraction of sp³-hybridized carbons (Fsp3) is 0.381. The molecule has 3 rings (SSSR count). The molecule has 0 saturated carbocycles. The largest absolute Gasteiger partial charge is 0.497 e. The minimum atomic E-state index is -3.71. The number of hydrogen-bond acceptors (Lipinski definition) is 4. The average molecular weight is 403 g/mol. The van der Waals surface area contributed by atoms with Gasteiger partial charge in [-0.2, -0.15) is 4.31 Å². The van der Waals surface area contributed by atoms with Gasteiger partial charge in [0.05, 0.1) is 24.6 Å². The van der Waals surface area contributed by atoms with Crippen LogP contribution in [0, 0.1) is 6.92 Å². The van der Waals surface area contributed by atoms with E-state index in [4.69, 9.17) is 4.74 Å². The smallest absolute Gasteiger partial charge is 0.243 e. The molecule has 0 fully saturated rings. The number of aryl methyl sites for hydroxylation is 2. The highest BCUT2D eigenvalue weighted by Crippen LogP contribution is 2.32. The lowest BCUT2D eigenvalue weighted by Gasteiger charge is -2.27. The Bertz CT molecular complexity index is 955. The van der Waals surface area contributed by atoms with Gasteiger partial charge in [-0.3, -0.25) is 4.79 Å². The van der Waals surface area contributed by atoms with E-state index in [0.29, 0.717) is 0 Å². The number of ether oxygens (including phenoxy) is 1. The molecular weight excluding hydrogens is 376 g/mol. The summed E-state index contributed by atoms with van der Waals surface area (Å²) in [5.74, 6) is 0.488. The number of methoxy groups -OCH3 is 1. The molecule has 2 aromatic rings. The number of sulfonamides is 1. The van der Waals surface area contributed by atoms with Crippen LogP contribution in [0.5, 0.6) is 5.75 Å². The number of benzene rings is 2. The van der Waals surface area contributed by atoms with Gasteiger partial charge in [-0.15, -0.1) is 0 Å². The van der Waals surface area contributed by atoms with Crippen molar-refractivity contribution in [2.24, 2.45) is 0 Å². The predicted octanol–water partition coefficient (Wildman–Crippen LogP) is 2.82. The standard InChI is InChI=1S/C21H26N2O4S/c1-15-7-10-18(11-8-15)28(25,26)23(2)14-21(24)22-20-6-4-5-16-13-17(27-3)9-12-19(16)20/h7-13,20H,4-6,14H2,1-3H3,(H,22,24)/t20-/m1/s1. The molecule has 0 aromatic heterocycles. The summed E-state index contributed by atoms with van der Waals surface area (Å²) < 4.78 is 31.7. The third kappa shape index (κ3) is 4.36. The van der Waals surface area contributed by atoms with Crippen LogP contribution >= 0.6 is 0 Å². The van der Waals surface area contributed by atoms with Gasteiger partial charge in [0.1, 0.15) is 5.75 Å². The van der Waals surface area contributed by atoms with E-state index in [-0.39, 0.29) is 23.4 Å². The van der Waals surface area contributed by atoms with Crippen molar-refractivity contribution in [2.45, 2.75) is 37.1 Å². The molecule has 1 atom stereocenters. The van der Waals surface area contributed by atoms with E-state index in [2.05, 4.69) is 5.32 Å². The third-order valence-corrected chi connectivity index (χ3v) is 6.91. The molecule has 7 heteroatoms. The predicted molar refractivity (Wildman–Crippen MR) is 108 cm³/mol. The Morgan fingerprint density at radius 3 is 2.61 bits per heavy atom. The summed E-state index contributed by atoms with van der Waals surface area (Å²) in [6.07, 6.45) is 2.74. The summed E-state index contributed by atoms with van der Waals surface area (Å²) in [6.45, 7) is 1.67. The normalized spacial score (nSPS) is 16.5. The lowest BCUT2D eigenvalue weighted by molar-refractivity contribution is -0.122. The maximum absolute atomic E-state index is 12.7. The van der Waals surface area contributed by atoms with Crippen LogP contribution in [-0.4, -0.2) is 39.3 Å². The van der Waals surface area contributed by atoms with Crippen LogP contribution in [0.3, 0.4) is 0 Å². The minimum Gasteiger partial charge on any atom is -0.497 e. The highest BCUT2D eigenvalue weighted by atomic mass is 32.2. The minimum absolute atomic E-state index is 0.113. The first-order valence-corrected chi connectivity index (χ1v) is 10.7. The van der Waals surface area contributed by atoms with Crippen molar-refractivity contribution in [2.75, 3.05) is 20.7 Å². The van der Waals surface area contributed by atoms with Crippen LogP contribution in [0.25, 0.3) is 0 Å². The van der Waals surface area contributed by atoms with Crippen molar-refractivity contribution >= 4 is 15.9 Å². The van der Waals surface area contributed by atoms with Gasteiger partial charge in [0.2, 0.25) is 15.9 Å². The summed E-state index contributed by atoms with van der Waals surface area (Å²) in [5, 5.41) is 2.99. The molecule has 0 heterocycles. The van der Waals surface area contributed by atoms with Crippen molar-refractivity contribution in [1.82, 2.24) is 9.62 Å². The molecule has 1 amide bonds. The summed E-state index contributed by atoms with van der Waals surface area (Å²) in [7, 11) is -0.647. The second-order valence-corrected chi connectivity index (χ2v) is 9.20. The molecule has 0 aliphatic heterocycles. The number of carbonyl (C=O) groups is 1. The fourth-order valence-electron chi connectivity index (χ4n) is 3.48. The molecule has 2 aromatic carbocycles. The first kappa shape index (κ1) is 20.4. The van der Waals surface area contributed by atoms with Crippen LogP contribution < -0.4 is 10.1 Å². The summed E-state index contributed by atoms with van der Waals surface area (Å²) in [5.41, 5.74) is 3.22. The molecule has 0 saturated heterocycles. The van der Waals surface area contributed by atoms with Crippen LogP contribution in [0.2, 0.25) is 0 Å². The van der Waals surface area contributed by atoms with Crippen molar-refractivity contribution in [3.8, 4) is 5.75 Å². The topological polar surface area (TPSA) is 75.7 Å². The molecule has 28 heavy (non-hydrogen) atoms. The molecule has 6 nitrogen and oxygen atoms in total. The Morgan fingerprint density at radius 1 is 1.21 bits per heavy atom. The van der Waals surface area contributed by atoms with Gasteiger partial charge < -0.3 is 10.1 Å². The quantitative estimate of drug-likeness (QED) is 0.806. The van der Waals surface area contributed by atoms with E-state index in [0.717, 1.165) is 46.0 Å². The van der Waals surface area contributed by atoms with Crippen molar-refractivity contribution in [3.63, 3.8) is 0 Å². The number of likely N-dealkylation sites (N-methyl/N-ethyl adjacent to an activating group) is 1. The zero-order chi connectivity index (χ0) is 20.3. The second-order valence-electron chi connectivity index (χ2n) is 7.15. The number of carbonyl (C=O) groups excluding carboxylic acids is 1. The van der Waals surface area contributed by atoms with Gasteiger partial charge in [0, 0.05) is 7.05 Å². The highest BCUT2D eigenvalue weighted by Gasteiger charge is 2.26. The van der Waals surface area contributed by atoms with Crippen LogP contribution in [-0.2, 0) is 21.2 Å². The van der Waals surface area contributed by atoms with Gasteiger partial charge >= 0.3 is 0 Å². The van der Waals surface area contributed by atoms with Crippen molar-refractivity contribution < 1.29 is 17.9 Å². The molecule has 0 radical (unpaired) electrons. The van der Waals surface area contributed by atoms with Gasteiger partial charge in [0.15, 0.2) is 0 Å². The van der Waals surface area contributed by atoms with Crippen molar-refractivity contribution in [1.29, 1.82) is 0 Å². The number of nitrogens with one attached hydrogen (secondary N) is 1. The lowest BCUT2D eigenvalue weighted by atomic mass is 9.87. The maximum Gasteiger partial charge on any atom is 0.243 e. The molecule has 1 N–H and O–H groups in total. The Labute approximate surface area is 166 Å². The Morgan fingerprint density at radius 2 is 1.93 bits per heavy atom. The highest BCUT2D eigenvalue weighted by molar-refractivity contribution is 7.89. The summed E-state index contributed by atoms with van der Waals surface area (Å²) in [6, 6.07) is 12.4. The first-order valence-electron chi connectivity index (χ1n) is 9.30. The van der Waals surface area contributed by atoms with Gasteiger partial charge in [-0.25, -0.2) is 8.42 Å². The van der Waals surface area contributed by atoms with E-state index in [1.54, 1.807) is 31.4 Å². The Kier molecular flexibility index (Phi) is 6.05. The first-order chi connectivity index (χ1) is 13.3.